The number of halogens is 3. The first kappa shape index (κ1) is 19.7. The predicted octanol–water partition coefficient (Wildman–Crippen LogP) is 3.68. The van der Waals surface area contributed by atoms with Crippen molar-refractivity contribution in [3.05, 3.63) is 41.5 Å². The van der Waals surface area contributed by atoms with Crippen LogP contribution in [-0.4, -0.2) is 43.2 Å². The Labute approximate surface area is 138 Å². The number of methoxy groups -OCH3 is 1. The molecular formula is C17H20F3NO3. The molecule has 0 aliphatic rings. The highest BCUT2D eigenvalue weighted by molar-refractivity contribution is 5.92. The minimum atomic E-state index is -4.43. The van der Waals surface area contributed by atoms with E-state index in [1.54, 1.807) is 12.1 Å². The van der Waals surface area contributed by atoms with Gasteiger partial charge in [-0.1, -0.05) is 25.5 Å². The predicted molar refractivity (Wildman–Crippen MR) is 84.4 cm³/mol. The summed E-state index contributed by atoms with van der Waals surface area (Å²) in [5, 5.41) is 0. The van der Waals surface area contributed by atoms with Crippen molar-refractivity contribution >= 4 is 18.0 Å². The summed E-state index contributed by atoms with van der Waals surface area (Å²) in [6, 6.07) is 6.19. The molecule has 4 nitrogen and oxygen atoms in total. The summed E-state index contributed by atoms with van der Waals surface area (Å²) in [5.74, 6) is -1.18. The van der Waals surface area contributed by atoms with Crippen molar-refractivity contribution in [2.45, 2.75) is 25.9 Å². The lowest BCUT2D eigenvalue weighted by atomic mass is 10.1. The van der Waals surface area contributed by atoms with Gasteiger partial charge in [0.15, 0.2) is 0 Å². The van der Waals surface area contributed by atoms with Crippen molar-refractivity contribution in [1.29, 1.82) is 0 Å². The molecule has 0 saturated carbocycles. The molecule has 0 heterocycles. The maximum atomic E-state index is 12.5. The molecule has 0 aliphatic heterocycles. The van der Waals surface area contributed by atoms with Crippen LogP contribution in [0.2, 0.25) is 0 Å². The molecule has 0 N–H and O–H groups in total. The SMILES string of the molecule is CCCCN(CC(F)(F)F)C(=O)/C=C/c1ccc(C(=O)OC)cc1. The minimum absolute atomic E-state index is 0.0560. The Morgan fingerprint density at radius 1 is 1.21 bits per heavy atom. The number of nitrogens with zero attached hydrogens (tertiary/aromatic N) is 1. The number of alkyl halides is 3. The Balaban J connectivity index is 2.77. The molecule has 132 valence electrons. The number of esters is 1. The first-order valence-corrected chi connectivity index (χ1v) is 7.49. The highest BCUT2D eigenvalue weighted by Crippen LogP contribution is 2.17. The van der Waals surface area contributed by atoms with Crippen LogP contribution in [0.1, 0.15) is 35.7 Å². The molecule has 0 fully saturated rings. The van der Waals surface area contributed by atoms with E-state index in [-0.39, 0.29) is 6.54 Å². The molecule has 0 aliphatic carbocycles. The van der Waals surface area contributed by atoms with Crippen molar-refractivity contribution in [2.24, 2.45) is 0 Å². The first-order chi connectivity index (χ1) is 11.3. The Kier molecular flexibility index (Phi) is 7.48. The molecule has 0 spiro atoms. The van der Waals surface area contributed by atoms with E-state index in [4.69, 9.17) is 0 Å². The normalized spacial score (nSPS) is 11.5. The Morgan fingerprint density at radius 2 is 1.83 bits per heavy atom. The minimum Gasteiger partial charge on any atom is -0.465 e. The first-order valence-electron chi connectivity index (χ1n) is 7.49. The molecule has 0 aromatic heterocycles. The number of hydrogen-bond acceptors (Lipinski definition) is 3. The van der Waals surface area contributed by atoms with Gasteiger partial charge < -0.3 is 9.64 Å². The maximum absolute atomic E-state index is 12.5. The van der Waals surface area contributed by atoms with Crippen molar-refractivity contribution in [1.82, 2.24) is 4.90 Å². The number of carbonyl (C=O) groups excluding carboxylic acids is 2. The molecular weight excluding hydrogens is 323 g/mol. The molecule has 1 aromatic carbocycles. The number of rotatable bonds is 7. The molecule has 1 amide bonds. The van der Waals surface area contributed by atoms with Crippen molar-refractivity contribution in [2.75, 3.05) is 20.2 Å². The van der Waals surface area contributed by atoms with Crippen LogP contribution in [0.15, 0.2) is 30.3 Å². The van der Waals surface area contributed by atoms with E-state index in [0.717, 1.165) is 11.0 Å². The van der Waals surface area contributed by atoms with E-state index in [9.17, 15) is 22.8 Å². The molecule has 7 heteroatoms. The molecule has 24 heavy (non-hydrogen) atoms. The topological polar surface area (TPSA) is 46.6 Å². The van der Waals surface area contributed by atoms with E-state index < -0.39 is 24.6 Å². The standard InChI is InChI=1S/C17H20F3NO3/c1-3-4-11-21(12-17(18,19)20)15(22)10-7-13-5-8-14(9-6-13)16(23)24-2/h5-10H,3-4,11-12H2,1-2H3/b10-7+. The fourth-order valence-corrected chi connectivity index (χ4v) is 1.95. The van der Waals surface area contributed by atoms with Crippen LogP contribution in [0.25, 0.3) is 6.08 Å². The third kappa shape index (κ3) is 6.85. The van der Waals surface area contributed by atoms with Gasteiger partial charge in [0, 0.05) is 12.6 Å². The smallest absolute Gasteiger partial charge is 0.406 e. The van der Waals surface area contributed by atoms with Crippen LogP contribution in [0.4, 0.5) is 13.2 Å². The molecule has 0 radical (unpaired) electrons. The quantitative estimate of drug-likeness (QED) is 0.560. The highest BCUT2D eigenvalue weighted by Gasteiger charge is 2.32. The number of hydrogen-bond donors (Lipinski definition) is 0. The third-order valence-corrected chi connectivity index (χ3v) is 3.21. The summed E-state index contributed by atoms with van der Waals surface area (Å²) in [6.45, 7) is 0.632. The Bertz CT molecular complexity index is 580. The second kappa shape index (κ2) is 9.10. The summed E-state index contributed by atoms with van der Waals surface area (Å²) in [4.78, 5) is 24.1. The monoisotopic (exact) mass is 343 g/mol. The molecule has 1 rings (SSSR count). The van der Waals surface area contributed by atoms with E-state index >= 15 is 0 Å². The summed E-state index contributed by atoms with van der Waals surface area (Å²) in [7, 11) is 1.26. The van der Waals surface area contributed by atoms with Gasteiger partial charge >= 0.3 is 12.1 Å². The summed E-state index contributed by atoms with van der Waals surface area (Å²) in [6.07, 6.45) is -0.712. The molecule has 0 atom stereocenters. The van der Waals surface area contributed by atoms with Gasteiger partial charge in [-0.25, -0.2) is 4.79 Å². The average molecular weight is 343 g/mol. The van der Waals surface area contributed by atoms with Gasteiger partial charge in [-0.15, -0.1) is 0 Å². The number of ether oxygens (including phenoxy) is 1. The van der Waals surface area contributed by atoms with Crippen LogP contribution >= 0.6 is 0 Å². The van der Waals surface area contributed by atoms with Crippen LogP contribution in [0.3, 0.4) is 0 Å². The van der Waals surface area contributed by atoms with E-state index in [2.05, 4.69) is 4.74 Å². The highest BCUT2D eigenvalue weighted by atomic mass is 19.4. The van der Waals surface area contributed by atoms with Crippen molar-refractivity contribution < 1.29 is 27.5 Å². The zero-order valence-corrected chi connectivity index (χ0v) is 13.6. The van der Waals surface area contributed by atoms with Gasteiger partial charge in [-0.05, 0) is 30.2 Å². The molecule has 0 saturated heterocycles. The second-order valence-electron chi connectivity index (χ2n) is 5.18. The van der Waals surface area contributed by atoms with Gasteiger partial charge in [0.05, 0.1) is 12.7 Å². The Hall–Kier alpha value is -2.31. The van der Waals surface area contributed by atoms with Gasteiger partial charge in [-0.2, -0.15) is 13.2 Å². The fourth-order valence-electron chi connectivity index (χ4n) is 1.95. The lowest BCUT2D eigenvalue weighted by Gasteiger charge is -2.22. The summed E-state index contributed by atoms with van der Waals surface area (Å²) < 4.78 is 42.2. The van der Waals surface area contributed by atoms with Gasteiger partial charge in [0.2, 0.25) is 5.91 Å². The lowest BCUT2D eigenvalue weighted by molar-refractivity contribution is -0.158. The van der Waals surface area contributed by atoms with Crippen LogP contribution < -0.4 is 0 Å². The number of amides is 1. The van der Waals surface area contributed by atoms with E-state index in [0.29, 0.717) is 24.0 Å². The molecule has 0 bridgehead atoms. The fraction of sp³-hybridized carbons (Fsp3) is 0.412. The zero-order valence-electron chi connectivity index (χ0n) is 13.6. The number of benzene rings is 1. The average Bonchev–Trinajstić information content (AvgIpc) is 2.55. The van der Waals surface area contributed by atoms with Gasteiger partial charge in [0.25, 0.3) is 0 Å². The van der Waals surface area contributed by atoms with Crippen LogP contribution in [0.5, 0.6) is 0 Å². The number of unbranched alkanes of at least 4 members (excludes halogenated alkanes) is 1. The zero-order chi connectivity index (χ0) is 18.2. The number of carbonyl (C=O) groups is 2. The van der Waals surface area contributed by atoms with Gasteiger partial charge in [-0.3, -0.25) is 4.79 Å². The summed E-state index contributed by atoms with van der Waals surface area (Å²) in [5.41, 5.74) is 0.945. The molecule has 0 unspecified atom stereocenters. The van der Waals surface area contributed by atoms with Crippen molar-refractivity contribution in [3.8, 4) is 0 Å². The van der Waals surface area contributed by atoms with Gasteiger partial charge in [0.1, 0.15) is 6.54 Å². The van der Waals surface area contributed by atoms with E-state index in [1.807, 2.05) is 6.92 Å². The Morgan fingerprint density at radius 3 is 2.33 bits per heavy atom. The van der Waals surface area contributed by atoms with Crippen LogP contribution in [0, 0.1) is 0 Å². The lowest BCUT2D eigenvalue weighted by Crippen LogP contribution is -2.38. The van der Waals surface area contributed by atoms with Crippen molar-refractivity contribution in [3.63, 3.8) is 0 Å². The second-order valence-corrected chi connectivity index (χ2v) is 5.18. The van der Waals surface area contributed by atoms with E-state index in [1.165, 1.54) is 25.3 Å². The third-order valence-electron chi connectivity index (χ3n) is 3.21. The maximum Gasteiger partial charge on any atom is 0.406 e. The largest absolute Gasteiger partial charge is 0.465 e. The van der Waals surface area contributed by atoms with Crippen LogP contribution in [-0.2, 0) is 9.53 Å². The summed E-state index contributed by atoms with van der Waals surface area (Å²) >= 11 is 0. The molecule has 1 aromatic rings.